The van der Waals surface area contributed by atoms with Crippen LogP contribution in [0, 0.1) is 5.82 Å². The average molecular weight is 426 g/mol. The van der Waals surface area contributed by atoms with Gasteiger partial charge in [-0.15, -0.1) is 0 Å². The number of carbonyl (C=O) groups is 1. The van der Waals surface area contributed by atoms with Crippen LogP contribution in [0.25, 0.3) is 0 Å². The summed E-state index contributed by atoms with van der Waals surface area (Å²) >= 11 is 0. The molecule has 8 heteroatoms. The maximum absolute atomic E-state index is 14.0. The van der Waals surface area contributed by atoms with E-state index in [1.165, 1.54) is 12.1 Å². The van der Waals surface area contributed by atoms with E-state index in [0.717, 1.165) is 12.5 Å². The fraction of sp³-hybridized carbons (Fsp3) is 0.455. The third kappa shape index (κ3) is 6.18. The largest absolute Gasteiger partial charge is 0.477 e. The highest BCUT2D eigenvalue weighted by atomic mass is 19.4. The molecule has 164 valence electrons. The second-order valence-corrected chi connectivity index (χ2v) is 7.00. The van der Waals surface area contributed by atoms with Gasteiger partial charge in [-0.05, 0) is 49.1 Å². The molecule has 1 N–H and O–H groups in total. The van der Waals surface area contributed by atoms with Crippen molar-refractivity contribution in [3.8, 4) is 5.88 Å². The van der Waals surface area contributed by atoms with Gasteiger partial charge in [0.25, 0.3) is 0 Å². The van der Waals surface area contributed by atoms with Gasteiger partial charge < -0.3 is 10.1 Å². The molecular formula is C22H26F4N2O2. The number of rotatable bonds is 9. The van der Waals surface area contributed by atoms with E-state index in [9.17, 15) is 22.4 Å². The molecule has 2 aromatic rings. The van der Waals surface area contributed by atoms with Crippen molar-refractivity contribution in [2.45, 2.75) is 58.7 Å². The fourth-order valence-corrected chi connectivity index (χ4v) is 2.81. The molecule has 30 heavy (non-hydrogen) atoms. The minimum Gasteiger partial charge on any atom is -0.477 e. The molecule has 0 spiro atoms. The summed E-state index contributed by atoms with van der Waals surface area (Å²) in [5.41, 5.74) is 0.374. The highest BCUT2D eigenvalue weighted by Crippen LogP contribution is 2.30. The number of halogens is 4. The molecule has 0 aliphatic rings. The molecular weight excluding hydrogens is 400 g/mol. The van der Waals surface area contributed by atoms with E-state index in [0.29, 0.717) is 29.5 Å². The second kappa shape index (κ2) is 10.4. The topological polar surface area (TPSA) is 51.2 Å². The number of aryl methyl sites for hydroxylation is 1. The summed E-state index contributed by atoms with van der Waals surface area (Å²) in [5, 5.41) is 2.67. The summed E-state index contributed by atoms with van der Waals surface area (Å²) in [4.78, 5) is 16.1. The van der Waals surface area contributed by atoms with Crippen molar-refractivity contribution in [1.29, 1.82) is 0 Å². The lowest BCUT2D eigenvalue weighted by molar-refractivity contribution is -0.141. The number of aromatic nitrogens is 1. The van der Waals surface area contributed by atoms with E-state index in [1.807, 2.05) is 13.8 Å². The molecule has 0 saturated carbocycles. The molecule has 0 radical (unpaired) electrons. The van der Waals surface area contributed by atoms with E-state index in [4.69, 9.17) is 4.74 Å². The Labute approximate surface area is 173 Å². The molecule has 1 aromatic carbocycles. The van der Waals surface area contributed by atoms with Gasteiger partial charge in [-0.3, -0.25) is 4.79 Å². The van der Waals surface area contributed by atoms with Crippen LogP contribution in [-0.2, 0) is 23.9 Å². The zero-order valence-corrected chi connectivity index (χ0v) is 17.3. The third-order valence-corrected chi connectivity index (χ3v) is 4.77. The number of nitrogens with zero attached hydrogens (tertiary/aromatic N) is 1. The lowest BCUT2D eigenvalue weighted by atomic mass is 9.98. The third-order valence-electron chi connectivity index (χ3n) is 4.77. The predicted molar refractivity (Wildman–Crippen MR) is 106 cm³/mol. The van der Waals surface area contributed by atoms with Crippen LogP contribution >= 0.6 is 0 Å². The Kier molecular flexibility index (Phi) is 8.20. The molecule has 1 amide bonds. The predicted octanol–water partition coefficient (Wildman–Crippen LogP) is 5.40. The van der Waals surface area contributed by atoms with Crippen molar-refractivity contribution in [2.24, 2.45) is 0 Å². The van der Waals surface area contributed by atoms with Crippen LogP contribution in [0.5, 0.6) is 5.88 Å². The monoisotopic (exact) mass is 426 g/mol. The Morgan fingerprint density at radius 3 is 2.47 bits per heavy atom. The standard InChI is InChI=1S/C22H26F4N2O2/c1-4-6-11-30-21-17(9-10-19(28-21)22(24,25)26)13-27-20(29)14(3)16-8-7-15(5-2)18(23)12-16/h7-10,12,14H,4-6,11,13H2,1-3H3,(H,27,29). The van der Waals surface area contributed by atoms with E-state index >= 15 is 0 Å². The molecule has 1 unspecified atom stereocenters. The highest BCUT2D eigenvalue weighted by molar-refractivity contribution is 5.83. The number of pyridine rings is 1. The van der Waals surface area contributed by atoms with Crippen molar-refractivity contribution in [2.75, 3.05) is 6.61 Å². The quantitative estimate of drug-likeness (QED) is 0.431. The minimum absolute atomic E-state index is 0.0503. The molecule has 1 atom stereocenters. The Hall–Kier alpha value is -2.64. The van der Waals surface area contributed by atoms with E-state index < -0.39 is 17.8 Å². The Morgan fingerprint density at radius 2 is 1.87 bits per heavy atom. The normalized spacial score (nSPS) is 12.5. The summed E-state index contributed by atoms with van der Waals surface area (Å²) < 4.78 is 58.3. The molecule has 0 fully saturated rings. The number of hydrogen-bond acceptors (Lipinski definition) is 3. The number of unbranched alkanes of at least 4 members (excludes halogenated alkanes) is 1. The SMILES string of the molecule is CCCCOc1nc(C(F)(F)F)ccc1CNC(=O)C(C)c1ccc(CC)c(F)c1. The zero-order valence-electron chi connectivity index (χ0n) is 17.3. The Morgan fingerprint density at radius 1 is 1.17 bits per heavy atom. The van der Waals surface area contributed by atoms with Crippen LogP contribution in [0.2, 0.25) is 0 Å². The van der Waals surface area contributed by atoms with Crippen molar-refractivity contribution >= 4 is 5.91 Å². The van der Waals surface area contributed by atoms with Crippen molar-refractivity contribution in [3.05, 3.63) is 58.5 Å². The molecule has 0 bridgehead atoms. The molecule has 4 nitrogen and oxygen atoms in total. The minimum atomic E-state index is -4.59. The van der Waals surface area contributed by atoms with Gasteiger partial charge in [-0.2, -0.15) is 13.2 Å². The lowest BCUT2D eigenvalue weighted by Gasteiger charge is -2.16. The molecule has 1 heterocycles. The number of benzene rings is 1. The highest BCUT2D eigenvalue weighted by Gasteiger charge is 2.33. The first-order valence-electron chi connectivity index (χ1n) is 9.93. The van der Waals surface area contributed by atoms with Gasteiger partial charge in [0, 0.05) is 12.1 Å². The van der Waals surface area contributed by atoms with Gasteiger partial charge in [0.15, 0.2) is 0 Å². The zero-order chi connectivity index (χ0) is 22.3. The van der Waals surface area contributed by atoms with Crippen LogP contribution in [-0.4, -0.2) is 17.5 Å². The van der Waals surface area contributed by atoms with Gasteiger partial charge in [0.1, 0.15) is 11.5 Å². The van der Waals surface area contributed by atoms with E-state index in [1.54, 1.807) is 19.1 Å². The first kappa shape index (κ1) is 23.6. The lowest BCUT2D eigenvalue weighted by Crippen LogP contribution is -2.28. The second-order valence-electron chi connectivity index (χ2n) is 7.00. The molecule has 0 aliphatic carbocycles. The van der Waals surface area contributed by atoms with E-state index in [2.05, 4.69) is 10.3 Å². The summed E-state index contributed by atoms with van der Waals surface area (Å²) in [6.07, 6.45) is -2.56. The van der Waals surface area contributed by atoms with Crippen LogP contribution in [0.15, 0.2) is 30.3 Å². The number of alkyl halides is 3. The maximum atomic E-state index is 14.0. The van der Waals surface area contributed by atoms with Gasteiger partial charge in [0.05, 0.1) is 12.5 Å². The Bertz CT molecular complexity index is 869. The number of ether oxygens (including phenoxy) is 1. The number of nitrogens with one attached hydrogen (secondary N) is 1. The molecule has 1 aromatic heterocycles. The molecule has 2 rings (SSSR count). The summed E-state index contributed by atoms with van der Waals surface area (Å²) in [6, 6.07) is 6.79. The average Bonchev–Trinajstić information content (AvgIpc) is 2.71. The maximum Gasteiger partial charge on any atom is 0.433 e. The van der Waals surface area contributed by atoms with E-state index in [-0.39, 0.29) is 30.8 Å². The molecule has 0 aliphatic heterocycles. The number of hydrogen-bond donors (Lipinski definition) is 1. The smallest absolute Gasteiger partial charge is 0.433 e. The van der Waals surface area contributed by atoms with Gasteiger partial charge >= 0.3 is 6.18 Å². The van der Waals surface area contributed by atoms with Crippen LogP contribution in [0.4, 0.5) is 17.6 Å². The fourth-order valence-electron chi connectivity index (χ4n) is 2.81. The molecule has 0 saturated heterocycles. The summed E-state index contributed by atoms with van der Waals surface area (Å²) in [5.74, 6) is -1.52. The van der Waals surface area contributed by atoms with Gasteiger partial charge in [0.2, 0.25) is 11.8 Å². The first-order chi connectivity index (χ1) is 14.2. The van der Waals surface area contributed by atoms with Crippen molar-refractivity contribution in [1.82, 2.24) is 10.3 Å². The van der Waals surface area contributed by atoms with Crippen molar-refractivity contribution < 1.29 is 27.1 Å². The van der Waals surface area contributed by atoms with Gasteiger partial charge in [-0.25, -0.2) is 9.37 Å². The Balaban J connectivity index is 2.12. The van der Waals surface area contributed by atoms with Crippen LogP contribution in [0.1, 0.15) is 61.9 Å². The first-order valence-corrected chi connectivity index (χ1v) is 9.93. The number of carbonyl (C=O) groups excluding carboxylic acids is 1. The summed E-state index contributed by atoms with van der Waals surface area (Å²) in [7, 11) is 0. The van der Waals surface area contributed by atoms with Crippen LogP contribution in [0.3, 0.4) is 0 Å². The van der Waals surface area contributed by atoms with Gasteiger partial charge in [-0.1, -0.05) is 32.4 Å². The van der Waals surface area contributed by atoms with Crippen molar-refractivity contribution in [3.63, 3.8) is 0 Å². The van der Waals surface area contributed by atoms with Crippen LogP contribution < -0.4 is 10.1 Å². The number of amides is 1. The summed E-state index contributed by atoms with van der Waals surface area (Å²) in [6.45, 7) is 5.59.